The number of halogens is 1. The number of alkyl carbamates (subject to hydrolysis) is 1. The maximum atomic E-state index is 11.4. The van der Waals surface area contributed by atoms with Gasteiger partial charge in [-0.15, -0.1) is 0 Å². The molecule has 4 heteroatoms. The summed E-state index contributed by atoms with van der Waals surface area (Å²) in [5.74, 6) is 0. The average molecular weight is 240 g/mol. The molecule has 1 aromatic carbocycles. The minimum atomic E-state index is -0.366. The van der Waals surface area contributed by atoms with Crippen molar-refractivity contribution in [3.8, 4) is 0 Å². The fraction of sp³-hybridized carbons (Fsp3) is 0.417. The number of hydrogen-bond acceptors (Lipinski definition) is 2. The highest BCUT2D eigenvalue weighted by molar-refractivity contribution is 6.31. The normalized spacial score (nSPS) is 16.6. The zero-order valence-electron chi connectivity index (χ0n) is 9.07. The van der Waals surface area contributed by atoms with Gasteiger partial charge >= 0.3 is 6.09 Å². The molecule has 0 radical (unpaired) electrons. The van der Waals surface area contributed by atoms with Gasteiger partial charge in [0.15, 0.2) is 0 Å². The van der Waals surface area contributed by atoms with Crippen LogP contribution >= 0.6 is 11.6 Å². The molecule has 0 bridgehead atoms. The van der Waals surface area contributed by atoms with E-state index in [2.05, 4.69) is 5.32 Å². The standard InChI is InChI=1S/C12H14ClNO2/c1-8(10-4-2-3-5-11(10)13)16-12(15)14-9-6-7-9/h2-5,8-9H,6-7H2,1H3,(H,14,15). The maximum absolute atomic E-state index is 11.4. The Morgan fingerprint density at radius 1 is 1.50 bits per heavy atom. The number of carbonyl (C=O) groups excluding carboxylic acids is 1. The van der Waals surface area contributed by atoms with Crippen LogP contribution in [0.15, 0.2) is 24.3 Å². The topological polar surface area (TPSA) is 38.3 Å². The summed E-state index contributed by atoms with van der Waals surface area (Å²) >= 11 is 6.01. The van der Waals surface area contributed by atoms with Crippen molar-refractivity contribution < 1.29 is 9.53 Å². The van der Waals surface area contributed by atoms with E-state index in [0.717, 1.165) is 18.4 Å². The summed E-state index contributed by atoms with van der Waals surface area (Å²) in [5.41, 5.74) is 0.829. The zero-order chi connectivity index (χ0) is 11.5. The second-order valence-electron chi connectivity index (χ2n) is 3.99. The summed E-state index contributed by atoms with van der Waals surface area (Å²) in [4.78, 5) is 11.4. The van der Waals surface area contributed by atoms with Gasteiger partial charge < -0.3 is 10.1 Å². The van der Waals surface area contributed by atoms with Crippen LogP contribution in [0.3, 0.4) is 0 Å². The first-order chi connectivity index (χ1) is 7.66. The van der Waals surface area contributed by atoms with E-state index in [1.807, 2.05) is 25.1 Å². The van der Waals surface area contributed by atoms with E-state index in [4.69, 9.17) is 16.3 Å². The van der Waals surface area contributed by atoms with Gasteiger partial charge in [0.25, 0.3) is 0 Å². The third kappa shape index (κ3) is 2.89. The predicted molar refractivity (Wildman–Crippen MR) is 62.5 cm³/mol. The van der Waals surface area contributed by atoms with Gasteiger partial charge in [-0.05, 0) is 25.8 Å². The van der Waals surface area contributed by atoms with E-state index in [0.29, 0.717) is 11.1 Å². The van der Waals surface area contributed by atoms with Crippen molar-refractivity contribution in [3.05, 3.63) is 34.9 Å². The van der Waals surface area contributed by atoms with Crippen molar-refractivity contribution in [2.75, 3.05) is 0 Å². The minimum Gasteiger partial charge on any atom is -0.442 e. The molecular weight excluding hydrogens is 226 g/mol. The predicted octanol–water partition coefficient (Wildman–Crippen LogP) is 3.29. The van der Waals surface area contributed by atoms with Crippen LogP contribution in [0.5, 0.6) is 0 Å². The Balaban J connectivity index is 1.93. The molecule has 1 aromatic rings. The van der Waals surface area contributed by atoms with Gasteiger partial charge in [-0.3, -0.25) is 0 Å². The van der Waals surface area contributed by atoms with E-state index in [-0.39, 0.29) is 12.2 Å². The van der Waals surface area contributed by atoms with E-state index in [1.54, 1.807) is 6.07 Å². The smallest absolute Gasteiger partial charge is 0.407 e. The number of rotatable bonds is 3. The number of hydrogen-bond donors (Lipinski definition) is 1. The van der Waals surface area contributed by atoms with Crippen LogP contribution in [-0.2, 0) is 4.74 Å². The molecule has 1 atom stereocenters. The van der Waals surface area contributed by atoms with E-state index >= 15 is 0 Å². The van der Waals surface area contributed by atoms with Gasteiger partial charge in [-0.25, -0.2) is 4.79 Å². The highest BCUT2D eigenvalue weighted by Gasteiger charge is 2.25. The summed E-state index contributed by atoms with van der Waals surface area (Å²) in [5, 5.41) is 3.39. The van der Waals surface area contributed by atoms with Crippen molar-refractivity contribution in [2.24, 2.45) is 0 Å². The summed E-state index contributed by atoms with van der Waals surface area (Å²) in [7, 11) is 0. The van der Waals surface area contributed by atoms with Crippen molar-refractivity contribution in [1.82, 2.24) is 5.32 Å². The van der Waals surface area contributed by atoms with E-state index in [1.165, 1.54) is 0 Å². The zero-order valence-corrected chi connectivity index (χ0v) is 9.83. The fourth-order valence-corrected chi connectivity index (χ4v) is 1.75. The van der Waals surface area contributed by atoms with Gasteiger partial charge in [0, 0.05) is 16.6 Å². The summed E-state index contributed by atoms with van der Waals surface area (Å²) in [6, 6.07) is 7.68. The van der Waals surface area contributed by atoms with Crippen molar-refractivity contribution in [2.45, 2.75) is 31.9 Å². The van der Waals surface area contributed by atoms with Gasteiger partial charge in [0.05, 0.1) is 0 Å². The molecule has 2 rings (SSSR count). The molecule has 1 aliphatic carbocycles. The third-order valence-electron chi connectivity index (χ3n) is 2.53. The SMILES string of the molecule is CC(OC(=O)NC1CC1)c1ccccc1Cl. The lowest BCUT2D eigenvalue weighted by atomic mass is 10.1. The van der Waals surface area contributed by atoms with Gasteiger partial charge in [0.2, 0.25) is 0 Å². The Labute approximate surface area is 99.7 Å². The quantitative estimate of drug-likeness (QED) is 0.879. The first kappa shape index (κ1) is 11.3. The van der Waals surface area contributed by atoms with Gasteiger partial charge in [-0.2, -0.15) is 0 Å². The second-order valence-corrected chi connectivity index (χ2v) is 4.39. The number of carbonyl (C=O) groups is 1. The molecule has 0 spiro atoms. The van der Waals surface area contributed by atoms with Crippen LogP contribution in [0.25, 0.3) is 0 Å². The molecule has 3 nitrogen and oxygen atoms in total. The molecule has 0 aromatic heterocycles. The molecule has 1 amide bonds. The maximum Gasteiger partial charge on any atom is 0.407 e. The van der Waals surface area contributed by atoms with Crippen LogP contribution in [0.1, 0.15) is 31.4 Å². The average Bonchev–Trinajstić information content (AvgIpc) is 3.01. The largest absolute Gasteiger partial charge is 0.442 e. The first-order valence-corrected chi connectivity index (χ1v) is 5.76. The lowest BCUT2D eigenvalue weighted by molar-refractivity contribution is 0.107. The lowest BCUT2D eigenvalue weighted by Crippen LogP contribution is -2.27. The molecule has 1 unspecified atom stereocenters. The Hall–Kier alpha value is -1.22. The van der Waals surface area contributed by atoms with Gasteiger partial charge in [-0.1, -0.05) is 29.8 Å². The van der Waals surface area contributed by atoms with Crippen LogP contribution in [0.4, 0.5) is 4.79 Å². The Morgan fingerprint density at radius 2 is 2.19 bits per heavy atom. The molecule has 1 N–H and O–H groups in total. The highest BCUT2D eigenvalue weighted by Crippen LogP contribution is 2.25. The molecule has 1 fully saturated rings. The molecule has 1 aliphatic rings. The number of nitrogens with one attached hydrogen (secondary N) is 1. The number of ether oxygens (including phenoxy) is 1. The summed E-state index contributed by atoms with van der Waals surface area (Å²) < 4.78 is 5.23. The Bertz CT molecular complexity index is 390. The summed E-state index contributed by atoms with van der Waals surface area (Å²) in [6.45, 7) is 1.81. The van der Waals surface area contributed by atoms with E-state index < -0.39 is 0 Å². The second kappa shape index (κ2) is 4.74. The van der Waals surface area contributed by atoms with Crippen LogP contribution in [0.2, 0.25) is 5.02 Å². The number of benzene rings is 1. The summed E-state index contributed by atoms with van der Waals surface area (Å²) in [6.07, 6.45) is 1.41. The molecule has 86 valence electrons. The number of amides is 1. The third-order valence-corrected chi connectivity index (χ3v) is 2.87. The highest BCUT2D eigenvalue weighted by atomic mass is 35.5. The van der Waals surface area contributed by atoms with Crippen molar-refractivity contribution >= 4 is 17.7 Å². The monoisotopic (exact) mass is 239 g/mol. The molecule has 0 aliphatic heterocycles. The Kier molecular flexibility index (Phi) is 3.34. The fourth-order valence-electron chi connectivity index (χ4n) is 1.46. The van der Waals surface area contributed by atoms with E-state index in [9.17, 15) is 4.79 Å². The Morgan fingerprint density at radius 3 is 2.81 bits per heavy atom. The molecule has 16 heavy (non-hydrogen) atoms. The lowest BCUT2D eigenvalue weighted by Gasteiger charge is -2.15. The van der Waals surface area contributed by atoms with Gasteiger partial charge in [0.1, 0.15) is 6.10 Å². The van der Waals surface area contributed by atoms with Crippen molar-refractivity contribution in [1.29, 1.82) is 0 Å². The minimum absolute atomic E-state index is 0.311. The first-order valence-electron chi connectivity index (χ1n) is 5.38. The van der Waals surface area contributed by atoms with Crippen LogP contribution in [-0.4, -0.2) is 12.1 Å². The molecule has 1 saturated carbocycles. The van der Waals surface area contributed by atoms with Crippen molar-refractivity contribution in [3.63, 3.8) is 0 Å². The molecule has 0 heterocycles. The van der Waals surface area contributed by atoms with Crippen LogP contribution < -0.4 is 5.32 Å². The van der Waals surface area contributed by atoms with Crippen LogP contribution in [0, 0.1) is 0 Å². The molecular formula is C12H14ClNO2. The molecule has 0 saturated heterocycles.